The van der Waals surface area contributed by atoms with Crippen molar-refractivity contribution in [2.24, 2.45) is 0 Å². The van der Waals surface area contributed by atoms with Crippen LogP contribution in [0.15, 0.2) is 11.6 Å². The van der Waals surface area contributed by atoms with E-state index in [0.717, 1.165) is 0 Å². The molecule has 0 fully saturated rings. The average Bonchev–Trinajstić information content (AvgIpc) is 2.00. The minimum absolute atomic E-state index is 0.331. The topological polar surface area (TPSA) is 80.7 Å². The molecular weight excluding hydrogens is 196 g/mol. The molecule has 0 saturated heterocycles. The molecule has 0 rings (SSSR count). The predicted octanol–water partition coefficient (Wildman–Crippen LogP) is 0.384. The Morgan fingerprint density at radius 3 is 2.46 bits per heavy atom. The molecule has 13 heavy (non-hydrogen) atoms. The first-order valence-electron chi connectivity index (χ1n) is 3.62. The zero-order valence-electron chi connectivity index (χ0n) is 7.48. The van der Waals surface area contributed by atoms with Crippen molar-refractivity contribution in [1.82, 2.24) is 0 Å². The van der Waals surface area contributed by atoms with Crippen molar-refractivity contribution in [3.05, 3.63) is 11.6 Å². The van der Waals surface area contributed by atoms with Crippen LogP contribution in [0.3, 0.4) is 0 Å². The Morgan fingerprint density at radius 2 is 2.08 bits per heavy atom. The Morgan fingerprint density at radius 1 is 1.54 bits per heavy atom. The Kier molecular flexibility index (Phi) is 4.64. The second kappa shape index (κ2) is 4.98. The summed E-state index contributed by atoms with van der Waals surface area (Å²) < 4.78 is 33.2. The highest BCUT2D eigenvalue weighted by molar-refractivity contribution is 7.85. The highest BCUT2D eigenvalue weighted by atomic mass is 32.2. The lowest BCUT2D eigenvalue weighted by atomic mass is 10.3. The third-order valence-corrected chi connectivity index (χ3v) is 2.01. The van der Waals surface area contributed by atoms with Crippen LogP contribution in [-0.4, -0.2) is 31.3 Å². The second-order valence-electron chi connectivity index (χ2n) is 2.39. The lowest BCUT2D eigenvalue weighted by molar-refractivity contribution is -0.138. The van der Waals surface area contributed by atoms with Crippen molar-refractivity contribution < 1.29 is 22.5 Å². The van der Waals surface area contributed by atoms with Gasteiger partial charge in [0, 0.05) is 5.57 Å². The molecule has 76 valence electrons. The van der Waals surface area contributed by atoms with Gasteiger partial charge in [-0.2, -0.15) is 8.42 Å². The number of esters is 1. The lowest BCUT2D eigenvalue weighted by Gasteiger charge is -2.02. The van der Waals surface area contributed by atoms with Gasteiger partial charge in [0.2, 0.25) is 0 Å². The summed E-state index contributed by atoms with van der Waals surface area (Å²) >= 11 is 0. The van der Waals surface area contributed by atoms with E-state index in [0.29, 0.717) is 5.57 Å². The number of ether oxygens (including phenoxy) is 1. The molecule has 0 aromatic rings. The first kappa shape index (κ1) is 12.1. The van der Waals surface area contributed by atoms with Gasteiger partial charge in [0.15, 0.2) is 0 Å². The molecule has 0 heterocycles. The number of hydrogen-bond donors (Lipinski definition) is 1. The summed E-state index contributed by atoms with van der Waals surface area (Å²) in [4.78, 5) is 10.9. The Bertz CT molecular complexity index is 301. The molecule has 0 aliphatic carbocycles. The van der Waals surface area contributed by atoms with Crippen LogP contribution in [0.4, 0.5) is 0 Å². The molecule has 0 aromatic carbocycles. The number of hydrogen-bond acceptors (Lipinski definition) is 4. The van der Waals surface area contributed by atoms with Gasteiger partial charge in [0.25, 0.3) is 10.1 Å². The molecule has 0 unspecified atom stereocenters. The fourth-order valence-corrected chi connectivity index (χ4v) is 0.765. The van der Waals surface area contributed by atoms with Crippen LogP contribution in [0.25, 0.3) is 0 Å². The molecule has 0 saturated carbocycles. The Balaban J connectivity index is 3.86. The van der Waals surface area contributed by atoms with Crippen molar-refractivity contribution >= 4 is 16.1 Å². The molecule has 0 aliphatic heterocycles. The zero-order valence-corrected chi connectivity index (χ0v) is 8.30. The van der Waals surface area contributed by atoms with Crippen molar-refractivity contribution in [1.29, 1.82) is 0 Å². The third kappa shape index (κ3) is 6.30. The van der Waals surface area contributed by atoms with E-state index in [9.17, 15) is 13.2 Å². The standard InChI is InChI=1S/C7H12O5S/c1-3-6(2)7(8)12-4-5-13(9,10)11/h3H,4-5H2,1-2H3,(H,9,10,11). The summed E-state index contributed by atoms with van der Waals surface area (Å²) in [6.45, 7) is 2.89. The molecule has 0 atom stereocenters. The number of carbonyl (C=O) groups excluding carboxylic acids is 1. The first-order chi connectivity index (χ1) is 5.87. The highest BCUT2D eigenvalue weighted by Crippen LogP contribution is 1.96. The quantitative estimate of drug-likeness (QED) is 0.410. The van der Waals surface area contributed by atoms with Crippen molar-refractivity contribution in [3.8, 4) is 0 Å². The SMILES string of the molecule is CC=C(C)C(=O)OCCS(=O)(=O)O. The zero-order chi connectivity index (χ0) is 10.5. The molecule has 0 amide bonds. The van der Waals surface area contributed by atoms with Gasteiger partial charge in [-0.25, -0.2) is 4.79 Å². The minimum Gasteiger partial charge on any atom is -0.461 e. The van der Waals surface area contributed by atoms with E-state index in [1.54, 1.807) is 19.9 Å². The first-order valence-corrected chi connectivity index (χ1v) is 5.23. The molecule has 1 N–H and O–H groups in total. The smallest absolute Gasteiger partial charge is 0.333 e. The van der Waals surface area contributed by atoms with Crippen LogP contribution in [0, 0.1) is 0 Å². The summed E-state index contributed by atoms with van der Waals surface area (Å²) in [6, 6.07) is 0. The number of allylic oxidation sites excluding steroid dienone is 1. The fraction of sp³-hybridized carbons (Fsp3) is 0.571. The second-order valence-corrected chi connectivity index (χ2v) is 3.97. The van der Waals surface area contributed by atoms with E-state index in [-0.39, 0.29) is 6.61 Å². The fourth-order valence-electron chi connectivity index (χ4n) is 0.471. The summed E-state index contributed by atoms with van der Waals surface area (Å²) in [5, 5.41) is 0. The highest BCUT2D eigenvalue weighted by Gasteiger charge is 2.08. The van der Waals surface area contributed by atoms with Gasteiger partial charge in [-0.15, -0.1) is 0 Å². The van der Waals surface area contributed by atoms with Crippen LogP contribution in [0.1, 0.15) is 13.8 Å². The van der Waals surface area contributed by atoms with Gasteiger partial charge in [0.05, 0.1) is 0 Å². The molecule has 0 spiro atoms. The van der Waals surface area contributed by atoms with Gasteiger partial charge in [0.1, 0.15) is 12.4 Å². The molecule has 6 heteroatoms. The van der Waals surface area contributed by atoms with Crippen LogP contribution >= 0.6 is 0 Å². The number of carbonyl (C=O) groups is 1. The minimum atomic E-state index is -4.05. The molecule has 0 aliphatic rings. The Labute approximate surface area is 77.1 Å². The van der Waals surface area contributed by atoms with Crippen molar-refractivity contribution in [3.63, 3.8) is 0 Å². The predicted molar refractivity (Wildman–Crippen MR) is 46.8 cm³/mol. The monoisotopic (exact) mass is 208 g/mol. The maximum absolute atomic E-state index is 10.9. The van der Waals surface area contributed by atoms with Crippen molar-refractivity contribution in [2.45, 2.75) is 13.8 Å². The lowest BCUT2D eigenvalue weighted by Crippen LogP contribution is -2.14. The summed E-state index contributed by atoms with van der Waals surface area (Å²) in [5.74, 6) is -1.15. The van der Waals surface area contributed by atoms with E-state index >= 15 is 0 Å². The van der Waals surface area contributed by atoms with E-state index in [2.05, 4.69) is 4.74 Å². The van der Waals surface area contributed by atoms with Crippen LogP contribution < -0.4 is 0 Å². The van der Waals surface area contributed by atoms with Gasteiger partial charge in [-0.1, -0.05) is 6.08 Å². The van der Waals surface area contributed by atoms with E-state index in [1.165, 1.54) is 0 Å². The third-order valence-electron chi connectivity index (χ3n) is 1.33. The van der Waals surface area contributed by atoms with Crippen LogP contribution in [0.5, 0.6) is 0 Å². The van der Waals surface area contributed by atoms with Crippen molar-refractivity contribution in [2.75, 3.05) is 12.4 Å². The molecule has 5 nitrogen and oxygen atoms in total. The normalized spacial score (nSPS) is 12.7. The van der Waals surface area contributed by atoms with Crippen LogP contribution in [-0.2, 0) is 19.6 Å². The largest absolute Gasteiger partial charge is 0.461 e. The van der Waals surface area contributed by atoms with Gasteiger partial charge < -0.3 is 4.74 Å². The van der Waals surface area contributed by atoms with Gasteiger partial charge >= 0.3 is 5.97 Å². The maximum atomic E-state index is 10.9. The summed E-state index contributed by atoms with van der Waals surface area (Å²) in [5.41, 5.74) is 0.398. The average molecular weight is 208 g/mol. The Hall–Kier alpha value is -0.880. The molecule has 0 aromatic heterocycles. The van der Waals surface area contributed by atoms with E-state index in [1.807, 2.05) is 0 Å². The van der Waals surface area contributed by atoms with Gasteiger partial charge in [-0.05, 0) is 13.8 Å². The maximum Gasteiger partial charge on any atom is 0.333 e. The number of rotatable bonds is 4. The molecule has 0 radical (unpaired) electrons. The van der Waals surface area contributed by atoms with Crippen LogP contribution in [0.2, 0.25) is 0 Å². The molecular formula is C7H12O5S. The molecule has 0 bridgehead atoms. The van der Waals surface area contributed by atoms with E-state index in [4.69, 9.17) is 4.55 Å². The summed E-state index contributed by atoms with van der Waals surface area (Å²) in [7, 11) is -4.05. The van der Waals surface area contributed by atoms with Gasteiger partial charge in [-0.3, -0.25) is 4.55 Å². The summed E-state index contributed by atoms with van der Waals surface area (Å²) in [6.07, 6.45) is 1.55. The van der Waals surface area contributed by atoms with E-state index < -0.39 is 21.8 Å².